The summed E-state index contributed by atoms with van der Waals surface area (Å²) in [5.41, 5.74) is 1.35. The van der Waals surface area contributed by atoms with E-state index in [-0.39, 0.29) is 11.3 Å². The molecular weight excluding hydrogens is 242 g/mol. The maximum atomic E-state index is 11.6. The van der Waals surface area contributed by atoms with E-state index in [0.717, 1.165) is 11.3 Å². The van der Waals surface area contributed by atoms with Gasteiger partial charge in [-0.2, -0.15) is 0 Å². The minimum Gasteiger partial charge on any atom is -0.508 e. The minimum atomic E-state index is -0.161. The molecule has 98 valence electrons. The minimum absolute atomic E-state index is 0.161. The highest BCUT2D eigenvalue weighted by molar-refractivity contribution is 5.55. The van der Waals surface area contributed by atoms with Gasteiger partial charge >= 0.3 is 0 Å². The van der Waals surface area contributed by atoms with Gasteiger partial charge in [0, 0.05) is 24.2 Å². The van der Waals surface area contributed by atoms with E-state index >= 15 is 0 Å². The van der Waals surface area contributed by atoms with Gasteiger partial charge in [0.15, 0.2) is 0 Å². The van der Waals surface area contributed by atoms with E-state index in [1.54, 1.807) is 24.3 Å². The number of aromatic nitrogens is 2. The Morgan fingerprint density at radius 1 is 1.32 bits per heavy atom. The third kappa shape index (κ3) is 3.00. The topological polar surface area (TPSA) is 78.0 Å². The first-order valence-corrected chi connectivity index (χ1v) is 6.34. The fourth-order valence-corrected chi connectivity index (χ4v) is 1.89. The zero-order chi connectivity index (χ0) is 13.2. The largest absolute Gasteiger partial charge is 0.508 e. The predicted molar refractivity (Wildman–Crippen MR) is 71.8 cm³/mol. The second kappa shape index (κ2) is 4.85. The van der Waals surface area contributed by atoms with E-state index in [0.29, 0.717) is 18.4 Å². The Hall–Kier alpha value is -2.14. The predicted octanol–water partition coefficient (Wildman–Crippen LogP) is 1.39. The molecular formula is C14H15N3O2. The van der Waals surface area contributed by atoms with Crippen LogP contribution in [0.15, 0.2) is 35.1 Å². The van der Waals surface area contributed by atoms with Crippen molar-refractivity contribution in [3.05, 3.63) is 46.4 Å². The van der Waals surface area contributed by atoms with E-state index in [1.165, 1.54) is 18.9 Å². The highest BCUT2D eigenvalue weighted by atomic mass is 16.3. The highest BCUT2D eigenvalue weighted by Crippen LogP contribution is 2.20. The lowest BCUT2D eigenvalue weighted by molar-refractivity contribution is 0.475. The van der Waals surface area contributed by atoms with Crippen molar-refractivity contribution in [2.24, 2.45) is 0 Å². The van der Waals surface area contributed by atoms with Gasteiger partial charge in [-0.1, -0.05) is 0 Å². The van der Waals surface area contributed by atoms with Crippen molar-refractivity contribution in [1.29, 1.82) is 0 Å². The molecule has 5 heteroatoms. The number of H-pyrrole nitrogens is 1. The maximum absolute atomic E-state index is 11.6. The molecule has 0 spiro atoms. The number of nitrogens with one attached hydrogen (secondary N) is 2. The molecule has 1 aliphatic carbocycles. The van der Waals surface area contributed by atoms with Crippen LogP contribution in [0.4, 0.5) is 0 Å². The Bertz CT molecular complexity index is 630. The number of aromatic hydroxyl groups is 1. The molecule has 0 amide bonds. The van der Waals surface area contributed by atoms with Gasteiger partial charge in [0.1, 0.15) is 11.6 Å². The third-order valence-electron chi connectivity index (χ3n) is 3.08. The number of hydrogen-bond acceptors (Lipinski definition) is 4. The molecule has 3 N–H and O–H groups in total. The lowest BCUT2D eigenvalue weighted by Gasteiger charge is -2.05. The van der Waals surface area contributed by atoms with Crippen molar-refractivity contribution >= 4 is 0 Å². The van der Waals surface area contributed by atoms with Gasteiger partial charge in [-0.15, -0.1) is 0 Å². The molecule has 1 fully saturated rings. The van der Waals surface area contributed by atoms with Gasteiger partial charge in [-0.05, 0) is 37.1 Å². The lowest BCUT2D eigenvalue weighted by atomic mass is 10.2. The van der Waals surface area contributed by atoms with E-state index in [2.05, 4.69) is 15.3 Å². The fourth-order valence-electron chi connectivity index (χ4n) is 1.89. The molecule has 1 aromatic heterocycles. The van der Waals surface area contributed by atoms with Crippen LogP contribution in [0, 0.1) is 0 Å². The summed E-state index contributed by atoms with van der Waals surface area (Å²) in [6.45, 7) is 0.611. The monoisotopic (exact) mass is 257 g/mol. The number of nitrogens with zero attached hydrogens (tertiary/aromatic N) is 1. The van der Waals surface area contributed by atoms with Crippen LogP contribution in [0.5, 0.6) is 5.75 Å². The van der Waals surface area contributed by atoms with Crippen molar-refractivity contribution in [2.45, 2.75) is 25.4 Å². The molecule has 1 aliphatic rings. The summed E-state index contributed by atoms with van der Waals surface area (Å²) in [7, 11) is 0. The van der Waals surface area contributed by atoms with Crippen LogP contribution < -0.4 is 10.9 Å². The van der Waals surface area contributed by atoms with Crippen LogP contribution in [-0.4, -0.2) is 21.1 Å². The van der Waals surface area contributed by atoms with Crippen molar-refractivity contribution < 1.29 is 5.11 Å². The van der Waals surface area contributed by atoms with Crippen LogP contribution in [0.25, 0.3) is 11.4 Å². The molecule has 2 aromatic rings. The zero-order valence-electron chi connectivity index (χ0n) is 10.4. The first-order valence-electron chi connectivity index (χ1n) is 6.34. The molecule has 19 heavy (non-hydrogen) atoms. The smallest absolute Gasteiger partial charge is 0.251 e. The van der Waals surface area contributed by atoms with Crippen molar-refractivity contribution in [3.63, 3.8) is 0 Å². The average molecular weight is 257 g/mol. The second-order valence-electron chi connectivity index (χ2n) is 4.79. The quantitative estimate of drug-likeness (QED) is 0.773. The highest BCUT2D eigenvalue weighted by Gasteiger charge is 2.20. The van der Waals surface area contributed by atoms with Gasteiger partial charge in [0.05, 0.1) is 5.69 Å². The first kappa shape index (κ1) is 11.9. The Morgan fingerprint density at radius 2 is 2.05 bits per heavy atom. The summed E-state index contributed by atoms with van der Waals surface area (Å²) in [6, 6.07) is 8.70. The fraction of sp³-hybridized carbons (Fsp3) is 0.286. The molecule has 1 saturated carbocycles. The van der Waals surface area contributed by atoms with Crippen LogP contribution in [0.3, 0.4) is 0 Å². The van der Waals surface area contributed by atoms with Gasteiger partial charge in [-0.3, -0.25) is 4.79 Å². The lowest BCUT2D eigenvalue weighted by Crippen LogP contribution is -2.19. The molecule has 1 aromatic carbocycles. The molecule has 0 unspecified atom stereocenters. The summed E-state index contributed by atoms with van der Waals surface area (Å²) in [5.74, 6) is 0.720. The third-order valence-corrected chi connectivity index (χ3v) is 3.08. The number of benzene rings is 1. The van der Waals surface area contributed by atoms with Gasteiger partial charge in [0.2, 0.25) is 0 Å². The molecule has 3 rings (SSSR count). The molecule has 0 aliphatic heterocycles. The van der Waals surface area contributed by atoms with E-state index < -0.39 is 0 Å². The van der Waals surface area contributed by atoms with E-state index in [4.69, 9.17) is 0 Å². The Labute approximate surface area is 110 Å². The van der Waals surface area contributed by atoms with Crippen LogP contribution >= 0.6 is 0 Å². The van der Waals surface area contributed by atoms with E-state index in [9.17, 15) is 9.90 Å². The Balaban J connectivity index is 1.87. The molecule has 5 nitrogen and oxygen atoms in total. The Kier molecular flexibility index (Phi) is 3.05. The summed E-state index contributed by atoms with van der Waals surface area (Å²) in [5, 5.41) is 12.6. The summed E-state index contributed by atoms with van der Waals surface area (Å²) >= 11 is 0. The number of phenols is 1. The van der Waals surface area contributed by atoms with E-state index in [1.807, 2.05) is 0 Å². The number of hydrogen-bond donors (Lipinski definition) is 3. The van der Waals surface area contributed by atoms with Crippen LogP contribution in [0.1, 0.15) is 18.5 Å². The van der Waals surface area contributed by atoms with Gasteiger partial charge in [-0.25, -0.2) is 4.98 Å². The van der Waals surface area contributed by atoms with Crippen LogP contribution in [0.2, 0.25) is 0 Å². The first-order chi connectivity index (χ1) is 9.20. The number of phenolic OH excluding ortho intramolecular Hbond substituents is 1. The summed E-state index contributed by atoms with van der Waals surface area (Å²) in [4.78, 5) is 18.8. The van der Waals surface area contributed by atoms with Crippen molar-refractivity contribution in [1.82, 2.24) is 15.3 Å². The normalized spacial score (nSPS) is 14.5. The molecule has 0 atom stereocenters. The van der Waals surface area contributed by atoms with Crippen molar-refractivity contribution in [3.8, 4) is 17.1 Å². The molecule has 0 bridgehead atoms. The number of rotatable bonds is 4. The van der Waals surface area contributed by atoms with Gasteiger partial charge in [0.25, 0.3) is 5.56 Å². The van der Waals surface area contributed by atoms with Crippen molar-refractivity contribution in [2.75, 3.05) is 0 Å². The molecule has 1 heterocycles. The average Bonchev–Trinajstić information content (AvgIpc) is 3.20. The molecule has 0 saturated heterocycles. The second-order valence-corrected chi connectivity index (χ2v) is 4.79. The SMILES string of the molecule is O=c1cc(CNC2CC2)nc(-c2ccc(O)cc2)[nH]1. The zero-order valence-corrected chi connectivity index (χ0v) is 10.4. The standard InChI is InChI=1S/C14H15N3O2/c18-12-5-1-9(2-6-12)14-16-11(7-13(19)17-14)8-15-10-3-4-10/h1-2,5-7,10,15,18H,3-4,8H2,(H,16,17,19). The van der Waals surface area contributed by atoms with Crippen LogP contribution in [-0.2, 0) is 6.54 Å². The maximum Gasteiger partial charge on any atom is 0.251 e. The summed E-state index contributed by atoms with van der Waals surface area (Å²) in [6.07, 6.45) is 2.40. The number of aromatic amines is 1. The molecule has 0 radical (unpaired) electrons. The summed E-state index contributed by atoms with van der Waals surface area (Å²) < 4.78 is 0. The van der Waals surface area contributed by atoms with Gasteiger partial charge < -0.3 is 15.4 Å². The Morgan fingerprint density at radius 3 is 2.74 bits per heavy atom.